The molecule has 1 fully saturated rings. The molecule has 5 nitrogen and oxygen atoms in total. The molecule has 1 aliphatic heterocycles. The summed E-state index contributed by atoms with van der Waals surface area (Å²) in [4.78, 5) is 7.71. The van der Waals surface area contributed by atoms with Crippen LogP contribution in [0.2, 0.25) is 5.02 Å². The van der Waals surface area contributed by atoms with Crippen molar-refractivity contribution in [3.63, 3.8) is 0 Å². The van der Waals surface area contributed by atoms with Crippen LogP contribution in [0.5, 0.6) is 5.88 Å². The Morgan fingerprint density at radius 3 is 3.00 bits per heavy atom. The highest BCUT2D eigenvalue weighted by Gasteiger charge is 2.15. The van der Waals surface area contributed by atoms with E-state index in [1.54, 1.807) is 0 Å². The van der Waals surface area contributed by atoms with Gasteiger partial charge in [0, 0.05) is 13.2 Å². The monoisotopic (exact) mass is 243 g/mol. The van der Waals surface area contributed by atoms with E-state index in [4.69, 9.17) is 26.8 Å². The number of ether oxygens (including phenoxy) is 2. The summed E-state index contributed by atoms with van der Waals surface area (Å²) in [6.45, 7) is 2.20. The van der Waals surface area contributed by atoms with Crippen LogP contribution in [0.25, 0.3) is 0 Å². The summed E-state index contributed by atoms with van der Waals surface area (Å²) in [5, 5.41) is 0.390. The van der Waals surface area contributed by atoms with Crippen LogP contribution in [0.1, 0.15) is 12.8 Å². The van der Waals surface area contributed by atoms with Gasteiger partial charge in [-0.15, -0.1) is 0 Å². The Bertz CT molecular complexity index is 356. The van der Waals surface area contributed by atoms with Crippen LogP contribution >= 0.6 is 11.6 Å². The van der Waals surface area contributed by atoms with E-state index in [9.17, 15) is 0 Å². The Labute approximate surface area is 98.9 Å². The first-order chi connectivity index (χ1) is 7.75. The zero-order valence-electron chi connectivity index (χ0n) is 8.86. The van der Waals surface area contributed by atoms with Crippen LogP contribution in [0.15, 0.2) is 6.20 Å². The van der Waals surface area contributed by atoms with E-state index in [0.29, 0.717) is 23.4 Å². The molecule has 0 aromatic carbocycles. The summed E-state index contributed by atoms with van der Waals surface area (Å²) in [5.74, 6) is 1.04. The molecule has 1 saturated heterocycles. The number of rotatable bonds is 3. The van der Waals surface area contributed by atoms with Gasteiger partial charge < -0.3 is 15.2 Å². The molecule has 2 rings (SSSR count). The molecule has 0 bridgehead atoms. The lowest BCUT2D eigenvalue weighted by Crippen LogP contribution is -2.21. The smallest absolute Gasteiger partial charge is 0.237 e. The van der Waals surface area contributed by atoms with E-state index < -0.39 is 0 Å². The van der Waals surface area contributed by atoms with Gasteiger partial charge >= 0.3 is 0 Å². The summed E-state index contributed by atoms with van der Waals surface area (Å²) < 4.78 is 10.8. The molecule has 0 radical (unpaired) electrons. The van der Waals surface area contributed by atoms with Crippen molar-refractivity contribution in [2.24, 2.45) is 5.92 Å². The molecule has 0 atom stereocenters. The molecule has 0 amide bonds. The Morgan fingerprint density at radius 2 is 2.25 bits per heavy atom. The van der Waals surface area contributed by atoms with Crippen molar-refractivity contribution in [3.8, 4) is 5.88 Å². The molecule has 1 aliphatic rings. The van der Waals surface area contributed by atoms with E-state index in [0.717, 1.165) is 26.1 Å². The number of halogens is 1. The molecule has 2 N–H and O–H groups in total. The number of anilines is 1. The standard InChI is InChI=1S/C10H14ClN3O2/c11-8-5-13-10(12)14-9(8)16-6-7-1-3-15-4-2-7/h5,7H,1-4,6H2,(H2,12,13,14). The molecule has 0 saturated carbocycles. The van der Waals surface area contributed by atoms with Crippen molar-refractivity contribution >= 4 is 17.5 Å². The lowest BCUT2D eigenvalue weighted by atomic mass is 10.0. The Kier molecular flexibility index (Phi) is 3.79. The second-order valence-corrected chi connectivity index (χ2v) is 4.16. The largest absolute Gasteiger partial charge is 0.476 e. The molecular weight excluding hydrogens is 230 g/mol. The molecule has 6 heteroatoms. The molecule has 88 valence electrons. The number of hydrogen-bond donors (Lipinski definition) is 1. The predicted molar refractivity (Wildman–Crippen MR) is 60.5 cm³/mol. The second-order valence-electron chi connectivity index (χ2n) is 3.75. The van der Waals surface area contributed by atoms with Crippen molar-refractivity contribution in [1.82, 2.24) is 9.97 Å². The van der Waals surface area contributed by atoms with Gasteiger partial charge in [-0.05, 0) is 18.8 Å². The number of hydrogen-bond acceptors (Lipinski definition) is 5. The summed E-state index contributed by atoms with van der Waals surface area (Å²) >= 11 is 5.88. The maximum Gasteiger partial charge on any atom is 0.237 e. The zero-order chi connectivity index (χ0) is 11.4. The minimum Gasteiger partial charge on any atom is -0.476 e. The Morgan fingerprint density at radius 1 is 1.50 bits per heavy atom. The van der Waals surface area contributed by atoms with Crippen LogP contribution < -0.4 is 10.5 Å². The fraction of sp³-hybridized carbons (Fsp3) is 0.600. The van der Waals surface area contributed by atoms with Gasteiger partial charge in [0.15, 0.2) is 0 Å². The molecule has 1 aromatic heterocycles. The number of aromatic nitrogens is 2. The topological polar surface area (TPSA) is 70.3 Å². The summed E-state index contributed by atoms with van der Waals surface area (Å²) in [6.07, 6.45) is 3.47. The molecule has 2 heterocycles. The van der Waals surface area contributed by atoms with E-state index in [-0.39, 0.29) is 5.95 Å². The minimum absolute atomic E-state index is 0.173. The van der Waals surface area contributed by atoms with Gasteiger partial charge in [-0.2, -0.15) is 4.98 Å². The maximum absolute atomic E-state index is 5.88. The van der Waals surface area contributed by atoms with Crippen molar-refractivity contribution in [2.75, 3.05) is 25.6 Å². The van der Waals surface area contributed by atoms with Gasteiger partial charge in [0.2, 0.25) is 11.8 Å². The number of nitrogens with two attached hydrogens (primary N) is 1. The second kappa shape index (κ2) is 5.32. The fourth-order valence-corrected chi connectivity index (χ4v) is 1.72. The molecule has 16 heavy (non-hydrogen) atoms. The molecule has 0 aliphatic carbocycles. The third-order valence-electron chi connectivity index (χ3n) is 2.53. The average Bonchev–Trinajstić information content (AvgIpc) is 2.32. The fourth-order valence-electron chi connectivity index (χ4n) is 1.58. The highest BCUT2D eigenvalue weighted by molar-refractivity contribution is 6.31. The number of nitrogen functional groups attached to an aromatic ring is 1. The van der Waals surface area contributed by atoms with Crippen LogP contribution in [-0.2, 0) is 4.74 Å². The molecular formula is C10H14ClN3O2. The van der Waals surface area contributed by atoms with Gasteiger partial charge in [-0.3, -0.25) is 0 Å². The van der Waals surface area contributed by atoms with Crippen LogP contribution in [0, 0.1) is 5.92 Å². The quantitative estimate of drug-likeness (QED) is 0.872. The predicted octanol–water partition coefficient (Wildman–Crippen LogP) is 1.52. The van der Waals surface area contributed by atoms with E-state index >= 15 is 0 Å². The highest BCUT2D eigenvalue weighted by Crippen LogP contribution is 2.23. The van der Waals surface area contributed by atoms with E-state index in [2.05, 4.69) is 9.97 Å². The normalized spacial score (nSPS) is 17.3. The lowest BCUT2D eigenvalue weighted by molar-refractivity contribution is 0.0490. The van der Waals surface area contributed by atoms with E-state index in [1.165, 1.54) is 6.20 Å². The summed E-state index contributed by atoms with van der Waals surface area (Å²) in [6, 6.07) is 0. The number of nitrogens with zero attached hydrogens (tertiary/aromatic N) is 2. The van der Waals surface area contributed by atoms with Crippen LogP contribution in [-0.4, -0.2) is 29.8 Å². The minimum atomic E-state index is 0.173. The molecule has 1 aromatic rings. The van der Waals surface area contributed by atoms with Crippen molar-refractivity contribution in [1.29, 1.82) is 0 Å². The lowest BCUT2D eigenvalue weighted by Gasteiger charge is -2.21. The third-order valence-corrected chi connectivity index (χ3v) is 2.79. The SMILES string of the molecule is Nc1ncc(Cl)c(OCC2CCOCC2)n1. The van der Waals surface area contributed by atoms with Crippen LogP contribution in [0.4, 0.5) is 5.95 Å². The van der Waals surface area contributed by atoms with Gasteiger partial charge in [0.1, 0.15) is 5.02 Å². The summed E-state index contributed by atoms with van der Waals surface area (Å²) in [5.41, 5.74) is 5.46. The first kappa shape index (κ1) is 11.4. The first-order valence-corrected chi connectivity index (χ1v) is 5.62. The Hall–Kier alpha value is -1.07. The Balaban J connectivity index is 1.90. The van der Waals surface area contributed by atoms with Crippen LogP contribution in [0.3, 0.4) is 0 Å². The molecule has 0 unspecified atom stereocenters. The average molecular weight is 244 g/mol. The van der Waals surface area contributed by atoms with Crippen molar-refractivity contribution in [2.45, 2.75) is 12.8 Å². The first-order valence-electron chi connectivity index (χ1n) is 5.24. The third kappa shape index (κ3) is 2.96. The van der Waals surface area contributed by atoms with E-state index in [1.807, 2.05) is 0 Å². The molecule has 0 spiro atoms. The van der Waals surface area contributed by atoms with Gasteiger partial charge in [-0.25, -0.2) is 4.98 Å². The summed E-state index contributed by atoms with van der Waals surface area (Å²) in [7, 11) is 0. The zero-order valence-corrected chi connectivity index (χ0v) is 9.61. The van der Waals surface area contributed by atoms with Crippen molar-refractivity contribution in [3.05, 3.63) is 11.2 Å². The highest BCUT2D eigenvalue weighted by atomic mass is 35.5. The van der Waals surface area contributed by atoms with Gasteiger partial charge in [0.25, 0.3) is 0 Å². The van der Waals surface area contributed by atoms with Gasteiger partial charge in [-0.1, -0.05) is 11.6 Å². The van der Waals surface area contributed by atoms with Crippen molar-refractivity contribution < 1.29 is 9.47 Å². The van der Waals surface area contributed by atoms with Gasteiger partial charge in [0.05, 0.1) is 12.8 Å². The maximum atomic E-state index is 5.88.